The Labute approximate surface area is 181 Å². The highest BCUT2D eigenvalue weighted by Gasteiger charge is 2.22. The molecule has 1 aromatic carbocycles. The van der Waals surface area contributed by atoms with E-state index in [0.29, 0.717) is 11.3 Å². The van der Waals surface area contributed by atoms with Crippen LogP contribution in [-0.4, -0.2) is 40.8 Å². The summed E-state index contributed by atoms with van der Waals surface area (Å²) in [4.78, 5) is 6.88. The zero-order chi connectivity index (χ0) is 21.6. The van der Waals surface area contributed by atoms with Gasteiger partial charge in [-0.15, -0.1) is 0 Å². The Balaban J connectivity index is 1.62. The van der Waals surface area contributed by atoms with E-state index in [1.165, 1.54) is 29.3 Å². The molecular formula is C22H24N6O2S. The van der Waals surface area contributed by atoms with Crippen molar-refractivity contribution >= 4 is 32.4 Å². The number of anilines is 2. The van der Waals surface area contributed by atoms with E-state index in [9.17, 15) is 8.42 Å². The monoisotopic (exact) mass is 436 g/mol. The Morgan fingerprint density at radius 1 is 1.06 bits per heavy atom. The predicted octanol–water partition coefficient (Wildman–Crippen LogP) is 3.37. The van der Waals surface area contributed by atoms with Gasteiger partial charge < -0.3 is 9.47 Å². The zero-order valence-corrected chi connectivity index (χ0v) is 18.3. The normalized spacial score (nSPS) is 14.5. The van der Waals surface area contributed by atoms with E-state index in [1.54, 1.807) is 25.5 Å². The largest absolute Gasteiger partial charge is 0.372 e. The van der Waals surface area contributed by atoms with Crippen molar-refractivity contribution in [1.29, 1.82) is 0 Å². The van der Waals surface area contributed by atoms with Crippen LogP contribution in [0.1, 0.15) is 12.8 Å². The third-order valence-corrected chi connectivity index (χ3v) is 6.95. The summed E-state index contributed by atoms with van der Waals surface area (Å²) in [5.41, 5.74) is 4.35. The third-order valence-electron chi connectivity index (χ3n) is 5.69. The van der Waals surface area contributed by atoms with Crippen molar-refractivity contribution in [2.75, 3.05) is 22.7 Å². The van der Waals surface area contributed by atoms with Crippen molar-refractivity contribution in [2.45, 2.75) is 17.9 Å². The van der Waals surface area contributed by atoms with Crippen LogP contribution in [0.3, 0.4) is 0 Å². The van der Waals surface area contributed by atoms with Gasteiger partial charge in [0.2, 0.25) is 0 Å². The molecule has 8 nitrogen and oxygen atoms in total. The third kappa shape index (κ3) is 3.54. The summed E-state index contributed by atoms with van der Waals surface area (Å²) in [6.45, 7) is 2.13. The van der Waals surface area contributed by atoms with E-state index in [1.807, 2.05) is 17.8 Å². The predicted molar refractivity (Wildman–Crippen MR) is 122 cm³/mol. The molecule has 0 saturated carbocycles. The van der Waals surface area contributed by atoms with Crippen molar-refractivity contribution in [1.82, 2.24) is 19.3 Å². The molecule has 4 aromatic rings. The second-order valence-corrected chi connectivity index (χ2v) is 9.52. The van der Waals surface area contributed by atoms with Crippen LogP contribution in [0.2, 0.25) is 0 Å². The van der Waals surface area contributed by atoms with Gasteiger partial charge in [-0.25, -0.2) is 4.98 Å². The standard InChI is InChI=1S/C22H24N6O2S/c1-26-15-18(16-6-5-7-17(14-16)28-11-3-4-12-28)21-19(8-10-23-22(21)26)25-31(29,30)20-9-13-27(2)24-20/h5-10,13-15H,3-4,11-12H2,1-2H3,(H,23,25). The van der Waals surface area contributed by atoms with E-state index in [2.05, 4.69) is 44.0 Å². The van der Waals surface area contributed by atoms with Gasteiger partial charge in [-0.05, 0) is 42.7 Å². The first-order valence-electron chi connectivity index (χ1n) is 10.2. The summed E-state index contributed by atoms with van der Waals surface area (Å²) >= 11 is 0. The van der Waals surface area contributed by atoms with Crippen molar-refractivity contribution < 1.29 is 8.42 Å². The fraction of sp³-hybridized carbons (Fsp3) is 0.273. The lowest BCUT2D eigenvalue weighted by Crippen LogP contribution is -2.17. The minimum atomic E-state index is -3.82. The summed E-state index contributed by atoms with van der Waals surface area (Å²) in [7, 11) is -0.218. The first-order valence-corrected chi connectivity index (χ1v) is 11.7. The number of fused-ring (bicyclic) bond motifs is 1. The molecule has 0 amide bonds. The summed E-state index contributed by atoms with van der Waals surface area (Å²) in [5.74, 6) is 0. The number of nitrogens with zero attached hydrogens (tertiary/aromatic N) is 5. The Morgan fingerprint density at radius 3 is 2.61 bits per heavy atom. The smallest absolute Gasteiger partial charge is 0.281 e. The molecule has 0 bridgehead atoms. The highest BCUT2D eigenvalue weighted by molar-refractivity contribution is 7.92. The van der Waals surface area contributed by atoms with E-state index in [-0.39, 0.29) is 5.03 Å². The van der Waals surface area contributed by atoms with E-state index in [4.69, 9.17) is 0 Å². The van der Waals surface area contributed by atoms with E-state index < -0.39 is 10.0 Å². The zero-order valence-electron chi connectivity index (χ0n) is 17.5. The average molecular weight is 437 g/mol. The van der Waals surface area contributed by atoms with Gasteiger partial charge in [0.1, 0.15) is 5.65 Å². The number of rotatable bonds is 5. The molecule has 4 heterocycles. The van der Waals surface area contributed by atoms with Crippen LogP contribution in [0.4, 0.5) is 11.4 Å². The van der Waals surface area contributed by atoms with Gasteiger partial charge in [0, 0.05) is 57.0 Å². The number of pyridine rings is 1. The lowest BCUT2D eigenvalue weighted by Gasteiger charge is -2.18. The summed E-state index contributed by atoms with van der Waals surface area (Å²) in [5, 5.41) is 4.79. The van der Waals surface area contributed by atoms with Gasteiger partial charge in [-0.1, -0.05) is 12.1 Å². The van der Waals surface area contributed by atoms with Crippen molar-refractivity contribution in [3.63, 3.8) is 0 Å². The fourth-order valence-corrected chi connectivity index (χ4v) is 5.23. The van der Waals surface area contributed by atoms with E-state index in [0.717, 1.165) is 29.6 Å². The summed E-state index contributed by atoms with van der Waals surface area (Å²) in [6, 6.07) is 11.6. The molecule has 9 heteroatoms. The minimum Gasteiger partial charge on any atom is -0.372 e. The fourth-order valence-electron chi connectivity index (χ4n) is 4.19. The second-order valence-electron chi connectivity index (χ2n) is 7.89. The number of benzene rings is 1. The quantitative estimate of drug-likeness (QED) is 0.518. The van der Waals surface area contributed by atoms with E-state index >= 15 is 0 Å². The molecular weight excluding hydrogens is 412 g/mol. The van der Waals surface area contributed by atoms with Crippen molar-refractivity contribution in [3.8, 4) is 11.1 Å². The molecule has 1 aliphatic rings. The van der Waals surface area contributed by atoms with Crippen LogP contribution in [0.15, 0.2) is 60.0 Å². The highest BCUT2D eigenvalue weighted by Crippen LogP contribution is 2.36. The maximum absolute atomic E-state index is 12.9. The SMILES string of the molecule is Cn1ccc(S(=O)(=O)Nc2ccnc3c2c(-c2cccc(N4CCCC4)c2)cn3C)n1. The molecule has 3 aromatic heterocycles. The molecule has 1 N–H and O–H groups in total. The Hall–Kier alpha value is -3.33. The molecule has 0 spiro atoms. The molecule has 31 heavy (non-hydrogen) atoms. The first kappa shape index (κ1) is 19.6. The Bertz CT molecular complexity index is 1370. The Kier molecular flexibility index (Phi) is 4.70. The first-order chi connectivity index (χ1) is 14.9. The van der Waals surface area contributed by atoms with Crippen LogP contribution >= 0.6 is 0 Å². The maximum atomic E-state index is 12.9. The summed E-state index contributed by atoms with van der Waals surface area (Å²) in [6.07, 6.45) is 7.64. The summed E-state index contributed by atoms with van der Waals surface area (Å²) < 4.78 is 31.9. The topological polar surface area (TPSA) is 85.0 Å². The van der Waals surface area contributed by atoms with Gasteiger partial charge >= 0.3 is 0 Å². The molecule has 1 aliphatic heterocycles. The second kappa shape index (κ2) is 7.42. The number of nitrogens with one attached hydrogen (secondary N) is 1. The van der Waals surface area contributed by atoms with Crippen LogP contribution in [0.25, 0.3) is 22.2 Å². The van der Waals surface area contributed by atoms with Crippen molar-refractivity contribution in [3.05, 3.63) is 55.0 Å². The van der Waals surface area contributed by atoms with Gasteiger partial charge in [0.15, 0.2) is 5.03 Å². The number of aromatic nitrogens is 4. The van der Waals surface area contributed by atoms with Crippen LogP contribution < -0.4 is 9.62 Å². The highest BCUT2D eigenvalue weighted by atomic mass is 32.2. The lowest BCUT2D eigenvalue weighted by atomic mass is 10.0. The molecule has 1 saturated heterocycles. The molecule has 0 atom stereocenters. The van der Waals surface area contributed by atoms with Crippen molar-refractivity contribution in [2.24, 2.45) is 14.1 Å². The molecule has 1 fully saturated rings. The maximum Gasteiger partial charge on any atom is 0.281 e. The van der Waals surface area contributed by atoms with Gasteiger partial charge in [0.05, 0.1) is 11.1 Å². The minimum absolute atomic E-state index is 0.0199. The van der Waals surface area contributed by atoms with Gasteiger partial charge in [-0.2, -0.15) is 13.5 Å². The lowest BCUT2D eigenvalue weighted by molar-refractivity contribution is 0.593. The van der Waals surface area contributed by atoms with Gasteiger partial charge in [0.25, 0.3) is 10.0 Å². The number of sulfonamides is 1. The average Bonchev–Trinajstić information content (AvgIpc) is 3.49. The van der Waals surface area contributed by atoms with Gasteiger partial charge in [-0.3, -0.25) is 9.40 Å². The number of aryl methyl sites for hydroxylation is 2. The van der Waals surface area contributed by atoms with Crippen LogP contribution in [0, 0.1) is 0 Å². The molecule has 5 rings (SSSR count). The molecule has 0 aliphatic carbocycles. The van der Waals surface area contributed by atoms with Crippen LogP contribution in [0.5, 0.6) is 0 Å². The number of hydrogen-bond donors (Lipinski definition) is 1. The Morgan fingerprint density at radius 2 is 1.87 bits per heavy atom. The van der Waals surface area contributed by atoms with Crippen LogP contribution in [-0.2, 0) is 24.1 Å². The number of hydrogen-bond acceptors (Lipinski definition) is 5. The molecule has 160 valence electrons. The molecule has 0 radical (unpaired) electrons. The molecule has 0 unspecified atom stereocenters.